The fourth-order valence-corrected chi connectivity index (χ4v) is 1.97. The van der Waals surface area contributed by atoms with Crippen molar-refractivity contribution in [3.05, 3.63) is 23.8 Å². The molecule has 0 atom stereocenters. The van der Waals surface area contributed by atoms with Crippen LogP contribution in [0.3, 0.4) is 0 Å². The molecule has 0 aliphatic carbocycles. The Bertz CT molecular complexity index is 416. The van der Waals surface area contributed by atoms with Gasteiger partial charge in [-0.3, -0.25) is 5.32 Å². The van der Waals surface area contributed by atoms with Crippen LogP contribution in [0.4, 0.5) is 16.2 Å². The van der Waals surface area contributed by atoms with Crippen molar-refractivity contribution < 1.29 is 9.53 Å². The Balaban J connectivity index is 2.13. The van der Waals surface area contributed by atoms with Crippen LogP contribution in [0.15, 0.2) is 18.2 Å². The van der Waals surface area contributed by atoms with E-state index < -0.39 is 6.09 Å². The van der Waals surface area contributed by atoms with E-state index in [0.717, 1.165) is 30.8 Å². The first-order valence-corrected chi connectivity index (χ1v) is 6.00. The van der Waals surface area contributed by atoms with E-state index in [4.69, 9.17) is 4.74 Å². The minimum atomic E-state index is -0.402. The summed E-state index contributed by atoms with van der Waals surface area (Å²) < 4.78 is 5.07. The van der Waals surface area contributed by atoms with Crippen molar-refractivity contribution in [2.45, 2.75) is 32.8 Å². The second kappa shape index (κ2) is 5.08. The molecule has 4 nitrogen and oxygen atoms in total. The Morgan fingerprint density at radius 2 is 2.29 bits per heavy atom. The Hall–Kier alpha value is -1.71. The number of aryl methyl sites for hydroxylation is 1. The first-order chi connectivity index (χ1) is 8.16. The molecule has 1 aliphatic heterocycles. The van der Waals surface area contributed by atoms with Gasteiger partial charge in [0.25, 0.3) is 0 Å². The molecule has 17 heavy (non-hydrogen) atoms. The van der Waals surface area contributed by atoms with Crippen LogP contribution in [0.25, 0.3) is 0 Å². The number of nitrogens with one attached hydrogen (secondary N) is 2. The summed E-state index contributed by atoms with van der Waals surface area (Å²) in [6.07, 6.45) is 1.67. The predicted octanol–water partition coefficient (Wildman–Crippen LogP) is 3.00. The van der Waals surface area contributed by atoms with E-state index in [2.05, 4.69) is 16.7 Å². The number of benzene rings is 1. The smallest absolute Gasteiger partial charge is 0.411 e. The van der Waals surface area contributed by atoms with Crippen LogP contribution < -0.4 is 10.6 Å². The maximum Gasteiger partial charge on any atom is 0.411 e. The van der Waals surface area contributed by atoms with Crippen molar-refractivity contribution in [2.75, 3.05) is 17.2 Å². The molecular weight excluding hydrogens is 216 g/mol. The van der Waals surface area contributed by atoms with Crippen molar-refractivity contribution >= 4 is 17.5 Å². The van der Waals surface area contributed by atoms with Gasteiger partial charge in [-0.15, -0.1) is 0 Å². The molecule has 1 aromatic carbocycles. The highest BCUT2D eigenvalue weighted by Gasteiger charge is 2.14. The molecule has 1 amide bonds. The van der Waals surface area contributed by atoms with Crippen LogP contribution in [-0.4, -0.2) is 18.7 Å². The van der Waals surface area contributed by atoms with Gasteiger partial charge < -0.3 is 10.1 Å². The number of carbonyl (C=O) groups is 1. The lowest BCUT2D eigenvalue weighted by atomic mass is 10.0. The largest absolute Gasteiger partial charge is 0.447 e. The van der Waals surface area contributed by atoms with Gasteiger partial charge in [-0.25, -0.2) is 4.79 Å². The van der Waals surface area contributed by atoms with Crippen LogP contribution in [0.2, 0.25) is 0 Å². The maximum atomic E-state index is 11.5. The SMILES string of the molecule is CC(C)OC(=O)Nc1cccc2c1NCCC2. The van der Waals surface area contributed by atoms with Crippen LogP contribution in [0.1, 0.15) is 25.8 Å². The molecule has 4 heteroatoms. The van der Waals surface area contributed by atoms with Crippen molar-refractivity contribution in [3.8, 4) is 0 Å². The zero-order valence-corrected chi connectivity index (χ0v) is 10.2. The van der Waals surface area contributed by atoms with Crippen LogP contribution in [0, 0.1) is 0 Å². The highest BCUT2D eigenvalue weighted by Crippen LogP contribution is 2.30. The fraction of sp³-hybridized carbons (Fsp3) is 0.462. The molecule has 1 aromatic rings. The molecular formula is C13H18N2O2. The number of carbonyl (C=O) groups excluding carboxylic acids is 1. The molecule has 0 fully saturated rings. The number of anilines is 2. The third kappa shape index (κ3) is 2.90. The summed E-state index contributed by atoms with van der Waals surface area (Å²) in [5, 5.41) is 6.10. The van der Waals surface area contributed by atoms with Gasteiger partial charge in [0.1, 0.15) is 0 Å². The van der Waals surface area contributed by atoms with Crippen molar-refractivity contribution in [1.29, 1.82) is 0 Å². The molecule has 0 aromatic heterocycles. The molecule has 0 unspecified atom stereocenters. The third-order valence-electron chi connectivity index (χ3n) is 2.65. The molecule has 2 rings (SSSR count). The zero-order chi connectivity index (χ0) is 12.3. The Morgan fingerprint density at radius 3 is 3.06 bits per heavy atom. The average molecular weight is 234 g/mol. The normalized spacial score (nSPS) is 13.8. The summed E-state index contributed by atoms with van der Waals surface area (Å²) in [7, 11) is 0. The summed E-state index contributed by atoms with van der Waals surface area (Å²) in [4.78, 5) is 11.5. The zero-order valence-electron chi connectivity index (χ0n) is 10.2. The maximum absolute atomic E-state index is 11.5. The summed E-state index contributed by atoms with van der Waals surface area (Å²) >= 11 is 0. The summed E-state index contributed by atoms with van der Waals surface area (Å²) in [5.74, 6) is 0. The van der Waals surface area contributed by atoms with Gasteiger partial charge in [-0.1, -0.05) is 12.1 Å². The molecule has 0 saturated heterocycles. The molecule has 0 saturated carbocycles. The third-order valence-corrected chi connectivity index (χ3v) is 2.65. The number of hydrogen-bond donors (Lipinski definition) is 2. The number of ether oxygens (including phenoxy) is 1. The van der Waals surface area contributed by atoms with Crippen molar-refractivity contribution in [2.24, 2.45) is 0 Å². The lowest BCUT2D eigenvalue weighted by molar-refractivity contribution is 0.130. The molecule has 1 heterocycles. The van der Waals surface area contributed by atoms with Crippen molar-refractivity contribution in [3.63, 3.8) is 0 Å². The molecule has 0 spiro atoms. The minimum absolute atomic E-state index is 0.109. The van der Waals surface area contributed by atoms with E-state index in [1.165, 1.54) is 5.56 Å². The molecule has 0 bridgehead atoms. The van der Waals surface area contributed by atoms with Crippen molar-refractivity contribution in [1.82, 2.24) is 0 Å². The molecule has 2 N–H and O–H groups in total. The van der Waals surface area contributed by atoms with E-state index >= 15 is 0 Å². The van der Waals surface area contributed by atoms with Gasteiger partial charge >= 0.3 is 6.09 Å². The van der Waals surface area contributed by atoms with Crippen LogP contribution in [-0.2, 0) is 11.2 Å². The highest BCUT2D eigenvalue weighted by molar-refractivity contribution is 5.90. The van der Waals surface area contributed by atoms with E-state index in [9.17, 15) is 4.79 Å². The van der Waals surface area contributed by atoms with Gasteiger partial charge in [-0.2, -0.15) is 0 Å². The number of fused-ring (bicyclic) bond motifs is 1. The van der Waals surface area contributed by atoms with E-state index in [1.807, 2.05) is 26.0 Å². The number of amides is 1. The monoisotopic (exact) mass is 234 g/mol. The van der Waals surface area contributed by atoms with Gasteiger partial charge in [0, 0.05) is 6.54 Å². The molecule has 92 valence electrons. The Kier molecular flexibility index (Phi) is 3.52. The van der Waals surface area contributed by atoms with E-state index in [0.29, 0.717) is 0 Å². The molecule has 0 radical (unpaired) electrons. The number of rotatable bonds is 2. The van der Waals surface area contributed by atoms with E-state index in [1.54, 1.807) is 0 Å². The molecule has 1 aliphatic rings. The number of hydrogen-bond acceptors (Lipinski definition) is 3. The standard InChI is InChI=1S/C13H18N2O2/c1-9(2)17-13(16)15-11-7-3-5-10-6-4-8-14-12(10)11/h3,5,7,9,14H,4,6,8H2,1-2H3,(H,15,16). The summed E-state index contributed by atoms with van der Waals surface area (Å²) in [6.45, 7) is 4.61. The first kappa shape index (κ1) is 11.8. The first-order valence-electron chi connectivity index (χ1n) is 6.00. The van der Waals surface area contributed by atoms with Gasteiger partial charge in [0.05, 0.1) is 17.5 Å². The highest BCUT2D eigenvalue weighted by atomic mass is 16.6. The van der Waals surface area contributed by atoms with Gasteiger partial charge in [0.15, 0.2) is 0 Å². The Morgan fingerprint density at radius 1 is 1.47 bits per heavy atom. The summed E-state index contributed by atoms with van der Waals surface area (Å²) in [6, 6.07) is 5.93. The fourth-order valence-electron chi connectivity index (χ4n) is 1.97. The quantitative estimate of drug-likeness (QED) is 0.827. The average Bonchev–Trinajstić information content (AvgIpc) is 2.28. The lowest BCUT2D eigenvalue weighted by Crippen LogP contribution is -2.20. The second-order valence-electron chi connectivity index (χ2n) is 4.45. The van der Waals surface area contributed by atoms with Crippen LogP contribution in [0.5, 0.6) is 0 Å². The van der Waals surface area contributed by atoms with Gasteiger partial charge in [0.2, 0.25) is 0 Å². The second-order valence-corrected chi connectivity index (χ2v) is 4.45. The Labute approximate surface area is 101 Å². The topological polar surface area (TPSA) is 50.4 Å². The predicted molar refractivity (Wildman–Crippen MR) is 68.5 cm³/mol. The number of para-hydroxylation sites is 1. The van der Waals surface area contributed by atoms with Gasteiger partial charge in [-0.05, 0) is 38.3 Å². The minimum Gasteiger partial charge on any atom is -0.447 e. The van der Waals surface area contributed by atoms with Crippen LogP contribution >= 0.6 is 0 Å². The van der Waals surface area contributed by atoms with E-state index in [-0.39, 0.29) is 6.10 Å². The summed E-state index contributed by atoms with van der Waals surface area (Å²) in [5.41, 5.74) is 3.07. The lowest BCUT2D eigenvalue weighted by Gasteiger charge is -2.21.